The Kier molecular flexibility index (Phi) is 6.07. The van der Waals surface area contributed by atoms with Crippen LogP contribution in [0.15, 0.2) is 42.5 Å². The minimum absolute atomic E-state index is 0.0990. The first-order valence-electron chi connectivity index (χ1n) is 8.83. The molecule has 1 aromatic heterocycles. The number of amides is 1. The highest BCUT2D eigenvalue weighted by Crippen LogP contribution is 2.29. The van der Waals surface area contributed by atoms with Crippen LogP contribution in [0, 0.1) is 26.5 Å². The number of halogens is 3. The predicted molar refractivity (Wildman–Crippen MR) is 116 cm³/mol. The van der Waals surface area contributed by atoms with Gasteiger partial charge in [-0.2, -0.15) is 5.26 Å². The van der Waals surface area contributed by atoms with Crippen LogP contribution in [0.1, 0.15) is 26.3 Å². The standard InChI is InChI=1S/C21H17F2IN4O2/c1-21(2,3)30-20(29)26-19-10-18(12-4-5-13(11-25)15(22)8-12)28(27-19)17-7-6-14(24)9-16(17)23/h4-10H,1-3H3,(H,26,27,29). The molecule has 0 aliphatic rings. The minimum Gasteiger partial charge on any atom is -0.444 e. The van der Waals surface area contributed by atoms with Crippen LogP contribution in [-0.2, 0) is 4.74 Å². The molecule has 0 bridgehead atoms. The van der Waals surface area contributed by atoms with Crippen molar-refractivity contribution in [2.24, 2.45) is 0 Å². The number of hydrogen-bond donors (Lipinski definition) is 1. The lowest BCUT2D eigenvalue weighted by atomic mass is 10.1. The smallest absolute Gasteiger partial charge is 0.413 e. The van der Waals surface area contributed by atoms with Gasteiger partial charge >= 0.3 is 6.09 Å². The summed E-state index contributed by atoms with van der Waals surface area (Å²) in [4.78, 5) is 12.1. The van der Waals surface area contributed by atoms with E-state index < -0.39 is 23.3 Å². The highest BCUT2D eigenvalue weighted by molar-refractivity contribution is 14.1. The Morgan fingerprint density at radius 1 is 1.17 bits per heavy atom. The number of rotatable bonds is 3. The molecule has 3 rings (SSSR count). The number of nitrogens with one attached hydrogen (secondary N) is 1. The third-order valence-corrected chi connectivity index (χ3v) is 4.53. The molecule has 1 heterocycles. The molecule has 0 aliphatic carbocycles. The normalized spacial score (nSPS) is 11.1. The zero-order chi connectivity index (χ0) is 22.1. The number of carbonyl (C=O) groups is 1. The monoisotopic (exact) mass is 522 g/mol. The summed E-state index contributed by atoms with van der Waals surface area (Å²) in [6.07, 6.45) is -0.729. The number of carbonyl (C=O) groups excluding carboxylic acids is 1. The maximum absolute atomic E-state index is 14.6. The fraction of sp³-hybridized carbons (Fsp3) is 0.190. The maximum atomic E-state index is 14.6. The average molecular weight is 522 g/mol. The quantitative estimate of drug-likeness (QED) is 0.452. The third-order valence-electron chi connectivity index (χ3n) is 3.86. The van der Waals surface area contributed by atoms with Gasteiger partial charge in [-0.3, -0.25) is 5.32 Å². The molecular weight excluding hydrogens is 505 g/mol. The number of benzene rings is 2. The van der Waals surface area contributed by atoms with Crippen LogP contribution in [-0.4, -0.2) is 21.5 Å². The number of aromatic nitrogens is 2. The molecule has 0 saturated carbocycles. The second-order valence-corrected chi connectivity index (χ2v) is 8.60. The molecule has 0 radical (unpaired) electrons. The van der Waals surface area contributed by atoms with Crippen LogP contribution in [0.3, 0.4) is 0 Å². The molecular formula is C21H17F2IN4O2. The summed E-state index contributed by atoms with van der Waals surface area (Å²) >= 11 is 1.98. The van der Waals surface area contributed by atoms with E-state index in [0.29, 0.717) is 14.8 Å². The van der Waals surface area contributed by atoms with Gasteiger partial charge in [0, 0.05) is 15.2 Å². The first kappa shape index (κ1) is 21.7. The SMILES string of the molecule is CC(C)(C)OC(=O)Nc1cc(-c2ccc(C#N)c(F)c2)n(-c2ccc(I)cc2F)n1. The van der Waals surface area contributed by atoms with Crippen LogP contribution in [0.5, 0.6) is 0 Å². The second-order valence-electron chi connectivity index (χ2n) is 7.36. The lowest BCUT2D eigenvalue weighted by molar-refractivity contribution is 0.0635. The number of anilines is 1. The fourth-order valence-corrected chi connectivity index (χ4v) is 3.11. The van der Waals surface area contributed by atoms with Crippen LogP contribution < -0.4 is 5.32 Å². The lowest BCUT2D eigenvalue weighted by Gasteiger charge is -2.19. The van der Waals surface area contributed by atoms with E-state index in [1.807, 2.05) is 22.6 Å². The molecule has 0 fully saturated rings. The van der Waals surface area contributed by atoms with Crippen LogP contribution in [0.4, 0.5) is 19.4 Å². The van der Waals surface area contributed by atoms with E-state index in [2.05, 4.69) is 10.4 Å². The topological polar surface area (TPSA) is 79.9 Å². The zero-order valence-corrected chi connectivity index (χ0v) is 18.5. The Morgan fingerprint density at radius 2 is 1.90 bits per heavy atom. The van der Waals surface area contributed by atoms with E-state index in [1.54, 1.807) is 32.9 Å². The molecule has 154 valence electrons. The van der Waals surface area contributed by atoms with Gasteiger partial charge in [0.15, 0.2) is 5.82 Å². The Labute approximate surface area is 185 Å². The molecule has 6 nitrogen and oxygen atoms in total. The summed E-state index contributed by atoms with van der Waals surface area (Å²) in [6.45, 7) is 5.16. The molecule has 0 aliphatic heterocycles. The third kappa shape index (κ3) is 4.94. The number of ether oxygens (including phenoxy) is 1. The molecule has 1 amide bonds. The molecule has 0 unspecified atom stereocenters. The Hall–Kier alpha value is -3.00. The van der Waals surface area contributed by atoms with Crippen molar-refractivity contribution < 1.29 is 18.3 Å². The van der Waals surface area contributed by atoms with Gasteiger partial charge in [-0.05, 0) is 73.7 Å². The van der Waals surface area contributed by atoms with Crippen molar-refractivity contribution >= 4 is 34.5 Å². The van der Waals surface area contributed by atoms with Crippen molar-refractivity contribution in [2.75, 3.05) is 5.32 Å². The van der Waals surface area contributed by atoms with Crippen molar-refractivity contribution in [3.63, 3.8) is 0 Å². The zero-order valence-electron chi connectivity index (χ0n) is 16.3. The van der Waals surface area contributed by atoms with Crippen LogP contribution >= 0.6 is 22.6 Å². The van der Waals surface area contributed by atoms with Crippen molar-refractivity contribution in [1.82, 2.24) is 9.78 Å². The van der Waals surface area contributed by atoms with E-state index in [1.165, 1.54) is 35.0 Å². The molecule has 9 heteroatoms. The minimum atomic E-state index is -0.729. The van der Waals surface area contributed by atoms with E-state index in [0.717, 1.165) is 6.07 Å². The lowest BCUT2D eigenvalue weighted by Crippen LogP contribution is -2.27. The summed E-state index contributed by atoms with van der Waals surface area (Å²) in [5.41, 5.74) is -0.0305. The van der Waals surface area contributed by atoms with E-state index in [-0.39, 0.29) is 17.1 Å². The molecule has 1 N–H and O–H groups in total. The summed E-state index contributed by atoms with van der Waals surface area (Å²) in [5.74, 6) is -1.15. The molecule has 0 spiro atoms. The molecule has 0 saturated heterocycles. The molecule has 3 aromatic rings. The first-order valence-corrected chi connectivity index (χ1v) is 9.91. The largest absolute Gasteiger partial charge is 0.444 e. The highest BCUT2D eigenvalue weighted by atomic mass is 127. The highest BCUT2D eigenvalue weighted by Gasteiger charge is 2.20. The summed E-state index contributed by atoms with van der Waals surface area (Å²) in [7, 11) is 0. The van der Waals surface area contributed by atoms with Gasteiger partial charge in [0.1, 0.15) is 29.0 Å². The fourth-order valence-electron chi connectivity index (χ4n) is 2.66. The molecule has 30 heavy (non-hydrogen) atoms. The van der Waals surface area contributed by atoms with Gasteiger partial charge in [0.2, 0.25) is 0 Å². The van der Waals surface area contributed by atoms with Gasteiger partial charge in [-0.1, -0.05) is 6.07 Å². The Balaban J connectivity index is 2.09. The summed E-state index contributed by atoms with van der Waals surface area (Å²) in [5, 5.41) is 15.7. The van der Waals surface area contributed by atoms with Crippen molar-refractivity contribution in [3.05, 3.63) is 63.2 Å². The van der Waals surface area contributed by atoms with Gasteiger partial charge in [0.05, 0.1) is 11.3 Å². The van der Waals surface area contributed by atoms with Crippen LogP contribution in [0.25, 0.3) is 16.9 Å². The van der Waals surface area contributed by atoms with Gasteiger partial charge in [-0.15, -0.1) is 5.10 Å². The summed E-state index contributed by atoms with van der Waals surface area (Å²) in [6, 6.07) is 11.8. The van der Waals surface area contributed by atoms with Gasteiger partial charge < -0.3 is 4.74 Å². The second kappa shape index (κ2) is 8.39. The van der Waals surface area contributed by atoms with E-state index in [4.69, 9.17) is 10.00 Å². The van der Waals surface area contributed by atoms with E-state index in [9.17, 15) is 13.6 Å². The predicted octanol–water partition coefficient (Wildman–Crippen LogP) is 5.64. The van der Waals surface area contributed by atoms with E-state index >= 15 is 0 Å². The summed E-state index contributed by atoms with van der Waals surface area (Å²) < 4.78 is 36.0. The average Bonchev–Trinajstić information content (AvgIpc) is 3.03. The van der Waals surface area contributed by atoms with Crippen molar-refractivity contribution in [2.45, 2.75) is 26.4 Å². The Morgan fingerprint density at radius 3 is 2.50 bits per heavy atom. The first-order chi connectivity index (χ1) is 14.1. The number of nitriles is 1. The van der Waals surface area contributed by atoms with Gasteiger partial charge in [0.25, 0.3) is 0 Å². The number of hydrogen-bond acceptors (Lipinski definition) is 4. The number of nitrogens with zero attached hydrogens (tertiary/aromatic N) is 3. The van der Waals surface area contributed by atoms with Crippen LogP contribution in [0.2, 0.25) is 0 Å². The Bertz CT molecular complexity index is 1160. The van der Waals surface area contributed by atoms with Crippen molar-refractivity contribution in [3.8, 4) is 23.0 Å². The molecule has 2 aromatic carbocycles. The van der Waals surface area contributed by atoms with Crippen molar-refractivity contribution in [1.29, 1.82) is 5.26 Å². The maximum Gasteiger partial charge on any atom is 0.413 e. The van der Waals surface area contributed by atoms with Gasteiger partial charge in [-0.25, -0.2) is 18.3 Å². The molecule has 0 atom stereocenters.